The van der Waals surface area contributed by atoms with Crippen LogP contribution in [0.2, 0.25) is 0 Å². The number of carbonyl (C=O) groups excluding carboxylic acids is 1. The van der Waals surface area contributed by atoms with Gasteiger partial charge in [-0.1, -0.05) is 12.1 Å². The van der Waals surface area contributed by atoms with E-state index >= 15 is 0 Å². The van der Waals surface area contributed by atoms with Crippen molar-refractivity contribution in [2.45, 2.75) is 12.6 Å². The number of hydrogen-bond donors (Lipinski definition) is 1. The summed E-state index contributed by atoms with van der Waals surface area (Å²) < 4.78 is 5.17. The third-order valence-corrected chi connectivity index (χ3v) is 3.15. The number of hydrogen-bond acceptors (Lipinski definition) is 4. The second-order valence-electron chi connectivity index (χ2n) is 4.89. The van der Waals surface area contributed by atoms with Gasteiger partial charge in [-0.05, 0) is 24.3 Å². The molecule has 0 radical (unpaired) electrons. The summed E-state index contributed by atoms with van der Waals surface area (Å²) in [5.74, 6) is 0. The van der Waals surface area contributed by atoms with Crippen molar-refractivity contribution < 1.29 is 9.53 Å². The Morgan fingerprint density at radius 3 is 2.55 bits per heavy atom. The van der Waals surface area contributed by atoms with E-state index in [2.05, 4.69) is 15.3 Å². The summed E-state index contributed by atoms with van der Waals surface area (Å²) in [5.41, 5.74) is 1.60. The van der Waals surface area contributed by atoms with Gasteiger partial charge in [0.05, 0.1) is 30.6 Å². The smallest absolute Gasteiger partial charge is 0.318 e. The van der Waals surface area contributed by atoms with E-state index in [0.29, 0.717) is 13.2 Å². The summed E-state index contributed by atoms with van der Waals surface area (Å²) in [6.07, 6.45) is 3.41. The molecule has 22 heavy (non-hydrogen) atoms. The summed E-state index contributed by atoms with van der Waals surface area (Å²) in [7, 11) is 3.33. The highest BCUT2D eigenvalue weighted by Gasteiger charge is 2.18. The number of aromatic nitrogens is 2. The predicted octanol–water partition coefficient (Wildman–Crippen LogP) is 2.01. The Morgan fingerprint density at radius 1 is 1.23 bits per heavy atom. The van der Waals surface area contributed by atoms with Gasteiger partial charge in [0.1, 0.15) is 0 Å². The molecule has 2 amide bonds. The molecule has 116 valence electrons. The first-order chi connectivity index (χ1) is 10.7. The number of rotatable bonds is 6. The van der Waals surface area contributed by atoms with E-state index in [-0.39, 0.29) is 12.1 Å². The van der Waals surface area contributed by atoms with Gasteiger partial charge in [0, 0.05) is 26.6 Å². The molecular weight excluding hydrogens is 280 g/mol. The number of nitrogens with zero attached hydrogens (tertiary/aromatic N) is 3. The molecule has 2 aromatic heterocycles. The normalized spacial score (nSPS) is 11.7. The lowest BCUT2D eigenvalue weighted by Crippen LogP contribution is -2.40. The molecular formula is C16H20N4O2. The van der Waals surface area contributed by atoms with E-state index in [1.54, 1.807) is 31.5 Å². The largest absolute Gasteiger partial charge is 0.382 e. The maximum absolute atomic E-state index is 12.3. The topological polar surface area (TPSA) is 67.3 Å². The van der Waals surface area contributed by atoms with Crippen LogP contribution in [-0.2, 0) is 11.3 Å². The fraction of sp³-hybridized carbons (Fsp3) is 0.312. The predicted molar refractivity (Wildman–Crippen MR) is 83.1 cm³/mol. The van der Waals surface area contributed by atoms with Gasteiger partial charge in [-0.3, -0.25) is 9.97 Å². The number of pyridine rings is 2. The minimum absolute atomic E-state index is 0.196. The van der Waals surface area contributed by atoms with Crippen LogP contribution in [0.3, 0.4) is 0 Å². The molecule has 0 fully saturated rings. The van der Waals surface area contributed by atoms with E-state index in [1.165, 1.54) is 0 Å². The summed E-state index contributed by atoms with van der Waals surface area (Å²) in [4.78, 5) is 22.4. The van der Waals surface area contributed by atoms with Gasteiger partial charge >= 0.3 is 6.03 Å². The lowest BCUT2D eigenvalue weighted by atomic mass is 10.2. The van der Waals surface area contributed by atoms with Gasteiger partial charge in [0.2, 0.25) is 0 Å². The van der Waals surface area contributed by atoms with E-state index in [0.717, 1.165) is 11.4 Å². The molecule has 6 nitrogen and oxygen atoms in total. The molecule has 2 heterocycles. The lowest BCUT2D eigenvalue weighted by molar-refractivity contribution is 0.156. The third kappa shape index (κ3) is 4.53. The number of methoxy groups -OCH3 is 1. The summed E-state index contributed by atoms with van der Waals surface area (Å²) in [6.45, 7) is 0.800. The minimum Gasteiger partial charge on any atom is -0.382 e. The van der Waals surface area contributed by atoms with E-state index in [1.807, 2.05) is 36.4 Å². The third-order valence-electron chi connectivity index (χ3n) is 3.15. The molecule has 1 atom stereocenters. The molecule has 1 N–H and O–H groups in total. The molecule has 6 heteroatoms. The van der Waals surface area contributed by atoms with E-state index < -0.39 is 0 Å². The second kappa shape index (κ2) is 8.09. The first-order valence-electron chi connectivity index (χ1n) is 7.02. The van der Waals surface area contributed by atoms with Gasteiger partial charge < -0.3 is 15.0 Å². The molecule has 2 aromatic rings. The van der Waals surface area contributed by atoms with Gasteiger partial charge in [-0.15, -0.1) is 0 Å². The number of nitrogens with one attached hydrogen (secondary N) is 1. The lowest BCUT2D eigenvalue weighted by Gasteiger charge is -2.22. The van der Waals surface area contributed by atoms with Gasteiger partial charge in [0.15, 0.2) is 0 Å². The molecule has 2 rings (SSSR count). The standard InChI is InChI=1S/C16H20N4O2/c1-20(11-13-7-3-5-9-17-13)16(21)19-15(12-22-2)14-8-4-6-10-18-14/h3-10,15H,11-12H2,1-2H3,(H,19,21). The number of ether oxygens (including phenoxy) is 1. The van der Waals surface area contributed by atoms with Crippen LogP contribution in [-0.4, -0.2) is 41.7 Å². The van der Waals surface area contributed by atoms with Gasteiger partial charge in [-0.2, -0.15) is 0 Å². The zero-order chi connectivity index (χ0) is 15.8. The number of amides is 2. The van der Waals surface area contributed by atoms with Crippen LogP contribution >= 0.6 is 0 Å². The Kier molecular flexibility index (Phi) is 5.85. The van der Waals surface area contributed by atoms with Crippen molar-refractivity contribution >= 4 is 6.03 Å². The summed E-state index contributed by atoms with van der Waals surface area (Å²) >= 11 is 0. The number of urea groups is 1. The average molecular weight is 300 g/mol. The second-order valence-corrected chi connectivity index (χ2v) is 4.89. The van der Waals surface area contributed by atoms with Crippen molar-refractivity contribution in [3.8, 4) is 0 Å². The maximum Gasteiger partial charge on any atom is 0.318 e. The minimum atomic E-state index is -0.287. The van der Waals surface area contributed by atoms with E-state index in [4.69, 9.17) is 4.74 Å². The highest BCUT2D eigenvalue weighted by molar-refractivity contribution is 5.74. The monoisotopic (exact) mass is 300 g/mol. The molecule has 0 bridgehead atoms. The van der Waals surface area contributed by atoms with Crippen molar-refractivity contribution in [1.29, 1.82) is 0 Å². The zero-order valence-corrected chi connectivity index (χ0v) is 12.8. The molecule has 0 aliphatic heterocycles. The maximum atomic E-state index is 12.3. The van der Waals surface area contributed by atoms with Crippen LogP contribution in [0.15, 0.2) is 48.8 Å². The Morgan fingerprint density at radius 2 is 1.95 bits per heavy atom. The van der Waals surface area contributed by atoms with Crippen LogP contribution in [0.5, 0.6) is 0 Å². The highest BCUT2D eigenvalue weighted by atomic mass is 16.5. The highest BCUT2D eigenvalue weighted by Crippen LogP contribution is 2.10. The van der Waals surface area contributed by atoms with Crippen molar-refractivity contribution in [1.82, 2.24) is 20.2 Å². The van der Waals surface area contributed by atoms with E-state index in [9.17, 15) is 4.79 Å². The Bertz CT molecular complexity index is 577. The molecule has 0 aromatic carbocycles. The van der Waals surface area contributed by atoms with Crippen LogP contribution < -0.4 is 5.32 Å². The van der Waals surface area contributed by atoms with Gasteiger partial charge in [0.25, 0.3) is 0 Å². The van der Waals surface area contributed by atoms with Crippen LogP contribution in [0.1, 0.15) is 17.4 Å². The Balaban J connectivity index is 1.98. The van der Waals surface area contributed by atoms with Crippen molar-refractivity contribution in [2.75, 3.05) is 20.8 Å². The SMILES string of the molecule is COCC(NC(=O)N(C)Cc1ccccn1)c1ccccn1. The molecule has 0 spiro atoms. The quantitative estimate of drug-likeness (QED) is 0.886. The zero-order valence-electron chi connectivity index (χ0n) is 12.8. The Labute approximate surface area is 130 Å². The van der Waals surface area contributed by atoms with Crippen molar-refractivity contribution in [3.63, 3.8) is 0 Å². The average Bonchev–Trinajstić information content (AvgIpc) is 2.56. The first kappa shape index (κ1) is 15.9. The number of carbonyl (C=O) groups is 1. The fourth-order valence-electron chi connectivity index (χ4n) is 2.02. The van der Waals surface area contributed by atoms with Crippen LogP contribution in [0.4, 0.5) is 4.79 Å². The summed E-state index contributed by atoms with van der Waals surface area (Å²) in [5, 5.41) is 2.93. The molecule has 1 unspecified atom stereocenters. The summed E-state index contributed by atoms with van der Waals surface area (Å²) in [6, 6.07) is 10.7. The first-order valence-corrected chi connectivity index (χ1v) is 7.02. The van der Waals surface area contributed by atoms with Crippen LogP contribution in [0.25, 0.3) is 0 Å². The van der Waals surface area contributed by atoms with Crippen LogP contribution in [0, 0.1) is 0 Å². The Hall–Kier alpha value is -2.47. The molecule has 0 saturated carbocycles. The van der Waals surface area contributed by atoms with Crippen molar-refractivity contribution in [2.24, 2.45) is 0 Å². The molecule has 0 aliphatic rings. The molecule has 0 aliphatic carbocycles. The van der Waals surface area contributed by atoms with Gasteiger partial charge in [-0.25, -0.2) is 4.79 Å². The fourth-order valence-corrected chi connectivity index (χ4v) is 2.02. The van der Waals surface area contributed by atoms with Crippen molar-refractivity contribution in [3.05, 3.63) is 60.2 Å². The molecule has 0 saturated heterocycles.